The lowest BCUT2D eigenvalue weighted by atomic mass is 10.1. The van der Waals surface area contributed by atoms with Gasteiger partial charge in [0.15, 0.2) is 0 Å². The molecule has 4 nitrogen and oxygen atoms in total. The first-order valence-electron chi connectivity index (χ1n) is 5.55. The number of aromatic nitrogens is 1. The molecule has 0 bridgehead atoms. The molecule has 0 aliphatic rings. The van der Waals surface area contributed by atoms with E-state index in [4.69, 9.17) is 16.3 Å². The van der Waals surface area contributed by atoms with Gasteiger partial charge in [-0.25, -0.2) is 4.79 Å². The van der Waals surface area contributed by atoms with Gasteiger partial charge in [-0.3, -0.25) is 9.20 Å². The summed E-state index contributed by atoms with van der Waals surface area (Å²) in [4.78, 5) is 23.8. The quantitative estimate of drug-likeness (QED) is 0.631. The van der Waals surface area contributed by atoms with Crippen LogP contribution in [-0.4, -0.2) is 17.0 Å². The van der Waals surface area contributed by atoms with Gasteiger partial charge in [0, 0.05) is 12.1 Å². The minimum atomic E-state index is -0.618. The van der Waals surface area contributed by atoms with Crippen LogP contribution in [-0.2, 0) is 10.6 Å². The molecule has 2 aromatic heterocycles. The monoisotopic (exact) mass is 265 g/mol. The van der Waals surface area contributed by atoms with Crippen molar-refractivity contribution in [2.75, 3.05) is 6.61 Å². The number of pyridine rings is 2. The topological polar surface area (TPSA) is 47.8 Å². The van der Waals surface area contributed by atoms with Gasteiger partial charge < -0.3 is 4.74 Å². The lowest BCUT2D eigenvalue weighted by Crippen LogP contribution is -2.24. The number of carbonyl (C=O) groups excluding carboxylic acids is 1. The molecule has 94 valence electrons. The van der Waals surface area contributed by atoms with Gasteiger partial charge in [0.2, 0.25) is 0 Å². The Labute approximate surface area is 109 Å². The van der Waals surface area contributed by atoms with E-state index in [2.05, 4.69) is 0 Å². The van der Waals surface area contributed by atoms with Crippen LogP contribution < -0.4 is 5.56 Å². The molecule has 0 atom stereocenters. The molecular weight excluding hydrogens is 254 g/mol. The van der Waals surface area contributed by atoms with Crippen LogP contribution in [0.4, 0.5) is 0 Å². The van der Waals surface area contributed by atoms with Crippen LogP contribution >= 0.6 is 11.6 Å². The van der Waals surface area contributed by atoms with E-state index in [-0.39, 0.29) is 18.1 Å². The predicted octanol–water partition coefficient (Wildman–Crippen LogP) is 2.21. The van der Waals surface area contributed by atoms with Gasteiger partial charge in [0.05, 0.1) is 12.1 Å². The first-order valence-corrected chi connectivity index (χ1v) is 6.08. The molecule has 0 N–H and O–H groups in total. The van der Waals surface area contributed by atoms with Crippen LogP contribution in [0.3, 0.4) is 0 Å². The van der Waals surface area contributed by atoms with Gasteiger partial charge in [0.25, 0.3) is 5.56 Å². The van der Waals surface area contributed by atoms with E-state index in [9.17, 15) is 9.59 Å². The summed E-state index contributed by atoms with van der Waals surface area (Å²) in [7, 11) is 0. The van der Waals surface area contributed by atoms with Crippen LogP contribution in [0.5, 0.6) is 0 Å². The first-order chi connectivity index (χ1) is 8.69. The van der Waals surface area contributed by atoms with Crippen molar-refractivity contribution in [3.05, 3.63) is 51.9 Å². The van der Waals surface area contributed by atoms with Crippen molar-refractivity contribution in [2.45, 2.75) is 12.8 Å². The van der Waals surface area contributed by atoms with Gasteiger partial charge in [-0.15, -0.1) is 11.6 Å². The Morgan fingerprint density at radius 1 is 1.44 bits per heavy atom. The molecule has 0 aromatic carbocycles. The summed E-state index contributed by atoms with van der Waals surface area (Å²) in [6.45, 7) is 1.92. The maximum absolute atomic E-state index is 12.1. The highest BCUT2D eigenvalue weighted by molar-refractivity contribution is 6.17. The summed E-state index contributed by atoms with van der Waals surface area (Å²) in [5.41, 5.74) is 1.04. The van der Waals surface area contributed by atoms with Crippen LogP contribution in [0.2, 0.25) is 0 Å². The van der Waals surface area contributed by atoms with Crippen LogP contribution in [0.1, 0.15) is 22.8 Å². The van der Waals surface area contributed by atoms with E-state index < -0.39 is 11.5 Å². The first kappa shape index (κ1) is 12.6. The van der Waals surface area contributed by atoms with Crippen molar-refractivity contribution < 1.29 is 9.53 Å². The number of esters is 1. The molecule has 0 radical (unpaired) electrons. The SMILES string of the molecule is CCOC(=O)c1cc(CCl)c2ccccn2c1=O. The molecule has 18 heavy (non-hydrogen) atoms. The number of nitrogens with zero attached hydrogens (tertiary/aromatic N) is 1. The molecule has 2 aromatic rings. The largest absolute Gasteiger partial charge is 0.462 e. The molecule has 0 saturated carbocycles. The molecule has 2 rings (SSSR count). The van der Waals surface area contributed by atoms with Crippen molar-refractivity contribution in [1.29, 1.82) is 0 Å². The number of alkyl halides is 1. The lowest BCUT2D eigenvalue weighted by Gasteiger charge is -2.08. The zero-order valence-electron chi connectivity index (χ0n) is 9.85. The maximum Gasteiger partial charge on any atom is 0.343 e. The summed E-state index contributed by atoms with van der Waals surface area (Å²) in [6.07, 6.45) is 1.61. The second-order valence-corrected chi connectivity index (χ2v) is 3.97. The average molecular weight is 266 g/mol. The molecule has 0 aliphatic heterocycles. The zero-order chi connectivity index (χ0) is 13.1. The van der Waals surface area contributed by atoms with Crippen LogP contribution in [0.15, 0.2) is 35.3 Å². The number of fused-ring (bicyclic) bond motifs is 1. The third-order valence-electron chi connectivity index (χ3n) is 2.60. The minimum absolute atomic E-state index is 0.0104. The van der Waals surface area contributed by atoms with Crippen molar-refractivity contribution in [2.24, 2.45) is 0 Å². The third-order valence-corrected chi connectivity index (χ3v) is 2.88. The number of rotatable bonds is 3. The number of hydrogen-bond acceptors (Lipinski definition) is 3. The van der Waals surface area contributed by atoms with Gasteiger partial charge >= 0.3 is 5.97 Å². The Morgan fingerprint density at radius 2 is 2.22 bits per heavy atom. The van der Waals surface area contributed by atoms with Gasteiger partial charge in [0.1, 0.15) is 5.56 Å². The van der Waals surface area contributed by atoms with Gasteiger partial charge in [-0.1, -0.05) is 6.07 Å². The molecule has 0 fully saturated rings. The van der Waals surface area contributed by atoms with E-state index in [1.165, 1.54) is 10.5 Å². The van der Waals surface area contributed by atoms with Gasteiger partial charge in [-0.2, -0.15) is 0 Å². The maximum atomic E-state index is 12.1. The normalized spacial score (nSPS) is 10.6. The molecule has 0 aliphatic carbocycles. The van der Waals surface area contributed by atoms with E-state index in [0.29, 0.717) is 5.52 Å². The van der Waals surface area contributed by atoms with E-state index in [1.54, 1.807) is 25.3 Å². The van der Waals surface area contributed by atoms with Crippen molar-refractivity contribution in [1.82, 2.24) is 4.40 Å². The number of ether oxygens (including phenoxy) is 1. The summed E-state index contributed by atoms with van der Waals surface area (Å²) in [6, 6.07) is 6.83. The Hall–Kier alpha value is -1.81. The Kier molecular flexibility index (Phi) is 3.67. The molecule has 0 amide bonds. The minimum Gasteiger partial charge on any atom is -0.462 e. The number of carbonyl (C=O) groups is 1. The van der Waals surface area contributed by atoms with Crippen LogP contribution in [0, 0.1) is 0 Å². The highest BCUT2D eigenvalue weighted by Gasteiger charge is 2.15. The second kappa shape index (κ2) is 5.23. The Bertz CT molecular complexity index is 648. The fourth-order valence-corrected chi connectivity index (χ4v) is 2.00. The van der Waals surface area contributed by atoms with E-state index in [1.807, 2.05) is 6.07 Å². The third kappa shape index (κ3) is 2.11. The molecule has 5 heteroatoms. The second-order valence-electron chi connectivity index (χ2n) is 3.70. The standard InChI is InChI=1S/C13H12ClNO3/c1-2-18-13(17)10-7-9(8-14)11-5-3-4-6-15(11)12(10)16/h3-7H,2,8H2,1H3. The molecule has 2 heterocycles. The Morgan fingerprint density at radius 3 is 2.89 bits per heavy atom. The smallest absolute Gasteiger partial charge is 0.343 e. The molecule has 0 saturated heterocycles. The van der Waals surface area contributed by atoms with E-state index in [0.717, 1.165) is 5.56 Å². The highest BCUT2D eigenvalue weighted by Crippen LogP contribution is 2.13. The molecular formula is C13H12ClNO3. The van der Waals surface area contributed by atoms with Crippen molar-refractivity contribution >= 4 is 23.1 Å². The van der Waals surface area contributed by atoms with Crippen molar-refractivity contribution in [3.63, 3.8) is 0 Å². The summed E-state index contributed by atoms with van der Waals surface area (Å²) >= 11 is 5.84. The van der Waals surface area contributed by atoms with E-state index >= 15 is 0 Å². The lowest BCUT2D eigenvalue weighted by molar-refractivity contribution is 0.0524. The fraction of sp³-hybridized carbons (Fsp3) is 0.231. The number of hydrogen-bond donors (Lipinski definition) is 0. The molecule has 0 unspecified atom stereocenters. The average Bonchev–Trinajstić information content (AvgIpc) is 2.40. The predicted molar refractivity (Wildman–Crippen MR) is 69.2 cm³/mol. The summed E-state index contributed by atoms with van der Waals surface area (Å²) in [5, 5.41) is 0. The number of halogens is 1. The highest BCUT2D eigenvalue weighted by atomic mass is 35.5. The van der Waals surface area contributed by atoms with Crippen LogP contribution in [0.25, 0.3) is 5.52 Å². The Balaban J connectivity index is 2.73. The molecule has 0 spiro atoms. The van der Waals surface area contributed by atoms with Crippen molar-refractivity contribution in [3.8, 4) is 0 Å². The van der Waals surface area contributed by atoms with Gasteiger partial charge in [-0.05, 0) is 30.7 Å². The summed E-state index contributed by atoms with van der Waals surface area (Å²) in [5.74, 6) is -0.396. The fourth-order valence-electron chi connectivity index (χ4n) is 1.78. The summed E-state index contributed by atoms with van der Waals surface area (Å²) < 4.78 is 6.27. The zero-order valence-corrected chi connectivity index (χ0v) is 10.6.